The Hall–Kier alpha value is -4.60. The van der Waals surface area contributed by atoms with Crippen molar-refractivity contribution in [3.05, 3.63) is 75.8 Å². The zero-order chi connectivity index (χ0) is 27.5. The Morgan fingerprint density at radius 1 is 1.05 bits per heavy atom. The molecule has 0 radical (unpaired) electrons. The molecule has 10 nitrogen and oxygen atoms in total. The number of benzene rings is 2. The second-order valence-corrected chi connectivity index (χ2v) is 9.75. The minimum absolute atomic E-state index is 0.0795. The number of carbonyl (C=O) groups excluding carboxylic acids is 2. The van der Waals surface area contributed by atoms with Crippen LogP contribution in [-0.2, 0) is 33.6 Å². The number of fused-ring (bicyclic) bond motifs is 4. The number of hydrogen-bond donors (Lipinski definition) is 4. The number of aromatic nitrogens is 1. The third-order valence-corrected chi connectivity index (χ3v) is 7.05. The molecule has 1 aliphatic carbocycles. The molecule has 1 aliphatic rings. The molecule has 2 aromatic carbocycles. The molecule has 0 bridgehead atoms. The van der Waals surface area contributed by atoms with Crippen LogP contribution in [0.5, 0.6) is 5.75 Å². The van der Waals surface area contributed by atoms with Crippen LogP contribution in [0.25, 0.3) is 21.9 Å². The van der Waals surface area contributed by atoms with Crippen molar-refractivity contribution < 1.29 is 28.6 Å². The second kappa shape index (κ2) is 11.0. The van der Waals surface area contributed by atoms with E-state index >= 15 is 0 Å². The average molecular weight is 532 g/mol. The number of aromatic amines is 1. The fraction of sp³-hybridized carbons (Fsp3) is 0.310. The van der Waals surface area contributed by atoms with Gasteiger partial charge < -0.3 is 29.9 Å². The number of aryl methyl sites for hydroxylation is 1. The van der Waals surface area contributed by atoms with Gasteiger partial charge in [0.25, 0.3) is 5.91 Å². The molecule has 4 N–H and O–H groups in total. The van der Waals surface area contributed by atoms with Crippen LogP contribution in [0.1, 0.15) is 36.5 Å². The first-order valence-electron chi connectivity index (χ1n) is 12.9. The smallest absolute Gasteiger partial charge is 0.339 e. The summed E-state index contributed by atoms with van der Waals surface area (Å²) in [6.07, 6.45) is 5.33. The molecule has 2 amide bonds. The number of ether oxygens (including phenoxy) is 1. The van der Waals surface area contributed by atoms with Gasteiger partial charge in [0.1, 0.15) is 23.4 Å². The molecule has 202 valence electrons. The van der Waals surface area contributed by atoms with Crippen LogP contribution < -0.4 is 21.0 Å². The molecule has 2 aromatic heterocycles. The predicted octanol–water partition coefficient (Wildman–Crippen LogP) is 2.85. The second-order valence-electron chi connectivity index (χ2n) is 9.75. The highest BCUT2D eigenvalue weighted by atomic mass is 16.5. The first-order chi connectivity index (χ1) is 18.8. The van der Waals surface area contributed by atoms with E-state index in [1.807, 2.05) is 30.3 Å². The molecule has 0 aliphatic heterocycles. The van der Waals surface area contributed by atoms with Gasteiger partial charge in [-0.1, -0.05) is 18.2 Å². The Labute approximate surface area is 223 Å². The summed E-state index contributed by atoms with van der Waals surface area (Å²) < 4.78 is 11.0. The molecule has 2 heterocycles. The minimum atomic E-state index is -1.18. The Balaban J connectivity index is 1.17. The number of aliphatic carboxylic acids is 1. The first-order valence-corrected chi connectivity index (χ1v) is 12.9. The van der Waals surface area contributed by atoms with Crippen molar-refractivity contribution in [2.75, 3.05) is 6.61 Å². The van der Waals surface area contributed by atoms with E-state index in [0.717, 1.165) is 52.2 Å². The van der Waals surface area contributed by atoms with E-state index in [2.05, 4.69) is 15.6 Å². The zero-order valence-electron chi connectivity index (χ0n) is 21.4. The predicted molar refractivity (Wildman–Crippen MR) is 144 cm³/mol. The number of amides is 2. The fourth-order valence-corrected chi connectivity index (χ4v) is 5.03. The van der Waals surface area contributed by atoms with Gasteiger partial charge in [0.2, 0.25) is 5.91 Å². The summed E-state index contributed by atoms with van der Waals surface area (Å²) in [5.41, 5.74) is 3.45. The van der Waals surface area contributed by atoms with Gasteiger partial charge in [-0.2, -0.15) is 0 Å². The van der Waals surface area contributed by atoms with E-state index < -0.39 is 29.9 Å². The number of carboxylic acids is 1. The summed E-state index contributed by atoms with van der Waals surface area (Å²) in [5, 5.41) is 16.4. The maximum Gasteiger partial charge on any atom is 0.339 e. The molecule has 2 atom stereocenters. The lowest BCUT2D eigenvalue weighted by molar-refractivity contribution is -0.142. The maximum atomic E-state index is 12.7. The lowest BCUT2D eigenvalue weighted by Crippen LogP contribution is -2.51. The highest BCUT2D eigenvalue weighted by molar-refractivity contribution is 5.91. The van der Waals surface area contributed by atoms with Gasteiger partial charge in [0.05, 0.1) is 0 Å². The Morgan fingerprint density at radius 3 is 2.62 bits per heavy atom. The van der Waals surface area contributed by atoms with Crippen molar-refractivity contribution in [2.24, 2.45) is 0 Å². The van der Waals surface area contributed by atoms with Crippen LogP contribution in [0.3, 0.4) is 0 Å². The van der Waals surface area contributed by atoms with Crippen molar-refractivity contribution in [3.63, 3.8) is 0 Å². The summed E-state index contributed by atoms with van der Waals surface area (Å²) in [7, 11) is 0. The summed E-state index contributed by atoms with van der Waals surface area (Å²) in [4.78, 5) is 52.4. The topological polar surface area (TPSA) is 151 Å². The number of carbonyl (C=O) groups is 3. The molecule has 0 spiro atoms. The van der Waals surface area contributed by atoms with E-state index in [0.29, 0.717) is 17.8 Å². The van der Waals surface area contributed by atoms with Crippen molar-refractivity contribution in [2.45, 2.75) is 51.1 Å². The molecule has 10 heteroatoms. The molecule has 39 heavy (non-hydrogen) atoms. The average Bonchev–Trinajstić information content (AvgIpc) is 3.34. The van der Waals surface area contributed by atoms with Gasteiger partial charge in [0.15, 0.2) is 6.61 Å². The van der Waals surface area contributed by atoms with Crippen LogP contribution in [0.4, 0.5) is 0 Å². The summed E-state index contributed by atoms with van der Waals surface area (Å²) in [6, 6.07) is 10.4. The fourth-order valence-electron chi connectivity index (χ4n) is 5.03. The van der Waals surface area contributed by atoms with Crippen LogP contribution in [0.2, 0.25) is 0 Å². The SMILES string of the molecule is C[C@@H](NC(=O)COc1ccc2c3c(c(=O)oc2c1)CCCC3)C(=O)N[C@H](Cc1c[nH]c2ccccc12)C(=O)O. The normalized spacial score (nSPS) is 14.4. The molecule has 4 aromatic rings. The Morgan fingerprint density at radius 2 is 1.82 bits per heavy atom. The largest absolute Gasteiger partial charge is 0.484 e. The summed E-state index contributed by atoms with van der Waals surface area (Å²) in [5.74, 6) is -2.03. The molecule has 0 unspecified atom stereocenters. The third-order valence-electron chi connectivity index (χ3n) is 7.05. The van der Waals surface area contributed by atoms with Crippen molar-refractivity contribution in [1.82, 2.24) is 15.6 Å². The number of carboxylic acid groups (broad SMARTS) is 1. The number of nitrogens with one attached hydrogen (secondary N) is 3. The van der Waals surface area contributed by atoms with E-state index in [9.17, 15) is 24.3 Å². The van der Waals surface area contributed by atoms with Crippen LogP contribution in [0.15, 0.2) is 57.9 Å². The van der Waals surface area contributed by atoms with Crippen LogP contribution >= 0.6 is 0 Å². The molecule has 0 fully saturated rings. The molecule has 0 saturated carbocycles. The maximum absolute atomic E-state index is 12.7. The van der Waals surface area contributed by atoms with Crippen molar-refractivity contribution in [1.29, 1.82) is 0 Å². The quantitative estimate of drug-likeness (QED) is 0.243. The van der Waals surface area contributed by atoms with Crippen molar-refractivity contribution in [3.8, 4) is 5.75 Å². The Bertz CT molecular complexity index is 1620. The van der Waals surface area contributed by atoms with E-state index in [-0.39, 0.29) is 18.7 Å². The minimum Gasteiger partial charge on any atom is -0.484 e. The number of hydrogen-bond acceptors (Lipinski definition) is 6. The third kappa shape index (κ3) is 5.64. The number of rotatable bonds is 9. The lowest BCUT2D eigenvalue weighted by atomic mass is 9.91. The molecule has 0 saturated heterocycles. The van der Waals surface area contributed by atoms with Crippen molar-refractivity contribution >= 4 is 39.7 Å². The van der Waals surface area contributed by atoms with E-state index in [1.165, 1.54) is 6.92 Å². The monoisotopic (exact) mass is 531 g/mol. The molecular formula is C29H29N3O7. The number of H-pyrrole nitrogens is 1. The lowest BCUT2D eigenvalue weighted by Gasteiger charge is -2.19. The zero-order valence-corrected chi connectivity index (χ0v) is 21.4. The Kier molecular flexibility index (Phi) is 7.36. The molecular weight excluding hydrogens is 502 g/mol. The standard InChI is InChI=1S/C29H29N3O7/c1-16(27(34)32-24(28(35)36)12-17-14-30-23-9-5-4-6-19(17)23)31-26(33)15-38-18-10-11-21-20-7-2-3-8-22(20)29(37)39-25(21)13-18/h4-6,9-11,13-14,16,24,30H,2-3,7-8,12,15H2,1H3,(H,31,33)(H,32,34)(H,35,36)/t16-,24-/m1/s1. The van der Waals surface area contributed by atoms with E-state index in [1.54, 1.807) is 18.3 Å². The van der Waals surface area contributed by atoms with Gasteiger partial charge in [-0.15, -0.1) is 0 Å². The van der Waals surface area contributed by atoms with E-state index in [4.69, 9.17) is 9.15 Å². The van der Waals surface area contributed by atoms with Gasteiger partial charge in [0, 0.05) is 40.5 Å². The van der Waals surface area contributed by atoms with Crippen LogP contribution in [-0.4, -0.2) is 46.6 Å². The summed E-state index contributed by atoms with van der Waals surface area (Å²) >= 11 is 0. The van der Waals surface area contributed by atoms with Gasteiger partial charge >= 0.3 is 11.6 Å². The highest BCUT2D eigenvalue weighted by Gasteiger charge is 2.25. The molecule has 5 rings (SSSR count). The summed E-state index contributed by atoms with van der Waals surface area (Å²) in [6.45, 7) is 1.08. The van der Waals surface area contributed by atoms with Gasteiger partial charge in [-0.3, -0.25) is 9.59 Å². The van der Waals surface area contributed by atoms with Crippen LogP contribution in [0, 0.1) is 0 Å². The first kappa shape index (κ1) is 26.0. The number of para-hydroxylation sites is 1. The van der Waals surface area contributed by atoms with Gasteiger partial charge in [-0.25, -0.2) is 9.59 Å². The highest BCUT2D eigenvalue weighted by Crippen LogP contribution is 2.29. The van der Waals surface area contributed by atoms with Gasteiger partial charge in [-0.05, 0) is 61.9 Å².